The molecular formula is C11H13ClO4. The molecule has 0 aliphatic heterocycles. The summed E-state index contributed by atoms with van der Waals surface area (Å²) in [6, 6.07) is 2.83. The van der Waals surface area contributed by atoms with E-state index in [1.165, 1.54) is 12.1 Å². The van der Waals surface area contributed by atoms with Gasteiger partial charge in [0.1, 0.15) is 0 Å². The number of carboxylic acid groups (broad SMARTS) is 1. The van der Waals surface area contributed by atoms with Crippen molar-refractivity contribution >= 4 is 17.6 Å². The number of ether oxygens (including phenoxy) is 2. The van der Waals surface area contributed by atoms with Crippen LogP contribution in [0.5, 0.6) is 11.5 Å². The molecule has 1 aromatic carbocycles. The maximum atomic E-state index is 10.9. The minimum Gasteiger partial charge on any atom is -0.490 e. The zero-order chi connectivity index (χ0) is 12.1. The molecule has 0 spiro atoms. The number of hydrogen-bond donors (Lipinski definition) is 1. The molecule has 1 N–H and O–H groups in total. The van der Waals surface area contributed by atoms with E-state index in [0.717, 1.165) is 0 Å². The smallest absolute Gasteiger partial charge is 0.337 e. The van der Waals surface area contributed by atoms with E-state index < -0.39 is 5.97 Å². The van der Waals surface area contributed by atoms with Gasteiger partial charge in [0, 0.05) is 12.1 Å². The molecule has 0 amide bonds. The van der Waals surface area contributed by atoms with Crippen molar-refractivity contribution in [1.82, 2.24) is 0 Å². The summed E-state index contributed by atoms with van der Waals surface area (Å²) in [6.07, 6.45) is 0. The lowest BCUT2D eigenvalue weighted by molar-refractivity contribution is 0.0696. The van der Waals surface area contributed by atoms with Gasteiger partial charge in [-0.2, -0.15) is 0 Å². The fraction of sp³-hybridized carbons (Fsp3) is 0.364. The quantitative estimate of drug-likeness (QED) is 0.865. The molecule has 0 fully saturated rings. The van der Waals surface area contributed by atoms with Crippen LogP contribution >= 0.6 is 11.6 Å². The van der Waals surface area contributed by atoms with Crippen molar-refractivity contribution in [2.75, 3.05) is 13.2 Å². The van der Waals surface area contributed by atoms with Gasteiger partial charge in [-0.25, -0.2) is 4.79 Å². The molecule has 88 valence electrons. The summed E-state index contributed by atoms with van der Waals surface area (Å²) in [6.45, 7) is 4.53. The highest BCUT2D eigenvalue weighted by molar-refractivity contribution is 6.33. The van der Waals surface area contributed by atoms with Crippen LogP contribution in [-0.4, -0.2) is 24.3 Å². The number of hydrogen-bond acceptors (Lipinski definition) is 3. The first kappa shape index (κ1) is 12.6. The first-order chi connectivity index (χ1) is 7.60. The summed E-state index contributed by atoms with van der Waals surface area (Å²) in [5, 5.41) is 9.04. The second-order valence-electron chi connectivity index (χ2n) is 2.95. The molecule has 0 atom stereocenters. The zero-order valence-electron chi connectivity index (χ0n) is 9.12. The predicted octanol–water partition coefficient (Wildman–Crippen LogP) is 2.84. The summed E-state index contributed by atoms with van der Waals surface area (Å²) < 4.78 is 10.6. The van der Waals surface area contributed by atoms with Crippen LogP contribution in [0, 0.1) is 0 Å². The fourth-order valence-corrected chi connectivity index (χ4v) is 1.47. The Labute approximate surface area is 98.7 Å². The summed E-state index contributed by atoms with van der Waals surface area (Å²) in [5.41, 5.74) is 0.00793. The van der Waals surface area contributed by atoms with Gasteiger partial charge in [-0.05, 0) is 13.8 Å². The maximum absolute atomic E-state index is 10.9. The largest absolute Gasteiger partial charge is 0.490 e. The van der Waals surface area contributed by atoms with E-state index in [0.29, 0.717) is 24.7 Å². The van der Waals surface area contributed by atoms with Crippen molar-refractivity contribution in [1.29, 1.82) is 0 Å². The van der Waals surface area contributed by atoms with Crippen molar-refractivity contribution in [2.45, 2.75) is 13.8 Å². The van der Waals surface area contributed by atoms with Gasteiger partial charge in [-0.15, -0.1) is 0 Å². The number of aromatic carboxylic acids is 1. The molecule has 0 saturated carbocycles. The second-order valence-corrected chi connectivity index (χ2v) is 3.36. The van der Waals surface area contributed by atoms with E-state index in [1.807, 2.05) is 13.8 Å². The average Bonchev–Trinajstić information content (AvgIpc) is 2.22. The Balaban J connectivity index is 3.19. The lowest BCUT2D eigenvalue weighted by Gasteiger charge is -2.12. The molecule has 1 rings (SSSR count). The van der Waals surface area contributed by atoms with Gasteiger partial charge in [0.05, 0.1) is 23.8 Å². The standard InChI is InChI=1S/C11H13ClO4/c1-3-15-9-5-7(11(13)14)8(12)6-10(9)16-4-2/h5-6H,3-4H2,1-2H3,(H,13,14). The molecular weight excluding hydrogens is 232 g/mol. The Morgan fingerprint density at radius 3 is 2.19 bits per heavy atom. The molecule has 4 nitrogen and oxygen atoms in total. The monoisotopic (exact) mass is 244 g/mol. The van der Waals surface area contributed by atoms with E-state index in [2.05, 4.69) is 0 Å². The summed E-state index contributed by atoms with van der Waals surface area (Å²) in [4.78, 5) is 10.9. The molecule has 0 bridgehead atoms. The first-order valence-corrected chi connectivity index (χ1v) is 5.30. The Kier molecular flexibility index (Phi) is 4.43. The van der Waals surface area contributed by atoms with E-state index in [-0.39, 0.29) is 10.6 Å². The zero-order valence-corrected chi connectivity index (χ0v) is 9.87. The maximum Gasteiger partial charge on any atom is 0.337 e. The van der Waals surface area contributed by atoms with E-state index in [1.54, 1.807) is 0 Å². The summed E-state index contributed by atoms with van der Waals surface area (Å²) in [7, 11) is 0. The van der Waals surface area contributed by atoms with Gasteiger partial charge in [-0.3, -0.25) is 0 Å². The Hall–Kier alpha value is -1.42. The second kappa shape index (κ2) is 5.61. The lowest BCUT2D eigenvalue weighted by atomic mass is 10.2. The normalized spacial score (nSPS) is 9.94. The molecule has 0 saturated heterocycles. The van der Waals surface area contributed by atoms with Crippen molar-refractivity contribution in [2.24, 2.45) is 0 Å². The van der Waals surface area contributed by atoms with E-state index >= 15 is 0 Å². The molecule has 16 heavy (non-hydrogen) atoms. The minimum atomic E-state index is -1.09. The third-order valence-electron chi connectivity index (χ3n) is 1.86. The predicted molar refractivity (Wildman–Crippen MR) is 60.7 cm³/mol. The summed E-state index contributed by atoms with van der Waals surface area (Å²) >= 11 is 5.82. The van der Waals surface area contributed by atoms with Crippen LogP contribution in [0.25, 0.3) is 0 Å². The average molecular weight is 245 g/mol. The van der Waals surface area contributed by atoms with Crippen LogP contribution in [0.3, 0.4) is 0 Å². The first-order valence-electron chi connectivity index (χ1n) is 4.92. The minimum absolute atomic E-state index is 0.00793. The number of halogens is 1. The fourth-order valence-electron chi connectivity index (χ4n) is 1.24. The Bertz CT molecular complexity index is 390. The van der Waals surface area contributed by atoms with Crippen molar-refractivity contribution in [3.05, 3.63) is 22.7 Å². The molecule has 0 aliphatic rings. The Morgan fingerprint density at radius 1 is 1.25 bits per heavy atom. The van der Waals surface area contributed by atoms with Crippen molar-refractivity contribution in [3.63, 3.8) is 0 Å². The topological polar surface area (TPSA) is 55.8 Å². The molecule has 0 unspecified atom stereocenters. The van der Waals surface area contributed by atoms with Gasteiger partial charge in [0.15, 0.2) is 11.5 Å². The molecule has 5 heteroatoms. The number of benzene rings is 1. The van der Waals surface area contributed by atoms with Gasteiger partial charge in [-0.1, -0.05) is 11.6 Å². The van der Waals surface area contributed by atoms with E-state index in [9.17, 15) is 4.79 Å². The van der Waals surface area contributed by atoms with Crippen LogP contribution < -0.4 is 9.47 Å². The van der Waals surface area contributed by atoms with Crippen LogP contribution in [0.4, 0.5) is 0 Å². The Morgan fingerprint density at radius 2 is 1.75 bits per heavy atom. The van der Waals surface area contributed by atoms with Crippen LogP contribution in [0.2, 0.25) is 5.02 Å². The van der Waals surface area contributed by atoms with Crippen molar-refractivity contribution in [3.8, 4) is 11.5 Å². The van der Waals surface area contributed by atoms with Crippen molar-refractivity contribution < 1.29 is 19.4 Å². The molecule has 0 aromatic heterocycles. The summed E-state index contributed by atoms with van der Waals surface area (Å²) in [5.74, 6) is -0.237. The molecule has 0 aliphatic carbocycles. The van der Waals surface area contributed by atoms with Crippen LogP contribution in [0.15, 0.2) is 12.1 Å². The highest BCUT2D eigenvalue weighted by Gasteiger charge is 2.15. The highest BCUT2D eigenvalue weighted by Crippen LogP contribution is 2.33. The number of rotatable bonds is 5. The van der Waals surface area contributed by atoms with Gasteiger partial charge < -0.3 is 14.6 Å². The molecule has 0 radical (unpaired) electrons. The van der Waals surface area contributed by atoms with Gasteiger partial charge >= 0.3 is 5.97 Å². The lowest BCUT2D eigenvalue weighted by Crippen LogP contribution is -2.03. The highest BCUT2D eigenvalue weighted by atomic mass is 35.5. The third kappa shape index (κ3) is 2.79. The third-order valence-corrected chi connectivity index (χ3v) is 2.18. The van der Waals surface area contributed by atoms with Gasteiger partial charge in [0.2, 0.25) is 0 Å². The molecule has 1 aromatic rings. The molecule has 0 heterocycles. The van der Waals surface area contributed by atoms with Crippen LogP contribution in [0.1, 0.15) is 24.2 Å². The van der Waals surface area contributed by atoms with Crippen LogP contribution in [-0.2, 0) is 0 Å². The van der Waals surface area contributed by atoms with Gasteiger partial charge in [0.25, 0.3) is 0 Å². The number of carbonyl (C=O) groups is 1. The van der Waals surface area contributed by atoms with E-state index in [4.69, 9.17) is 26.2 Å². The number of carboxylic acids is 1. The SMILES string of the molecule is CCOc1cc(Cl)c(C(=O)O)cc1OCC.